The van der Waals surface area contributed by atoms with Crippen LogP contribution in [0.2, 0.25) is 0 Å². The minimum absolute atomic E-state index is 0.524. The fourth-order valence-electron chi connectivity index (χ4n) is 3.30. The Morgan fingerprint density at radius 1 is 0.793 bits per heavy atom. The minimum Gasteiger partial charge on any atom is -0.486 e. The number of nitrogens with one attached hydrogen (secondary N) is 2. The number of ether oxygens (including phenoxy) is 2. The van der Waals surface area contributed by atoms with E-state index >= 15 is 0 Å². The minimum atomic E-state index is 0.524. The summed E-state index contributed by atoms with van der Waals surface area (Å²) in [6.07, 6.45) is 0. The Kier molecular flexibility index (Phi) is 4.58. The van der Waals surface area contributed by atoms with Crippen LogP contribution >= 0.6 is 0 Å². The van der Waals surface area contributed by atoms with Gasteiger partial charge >= 0.3 is 0 Å². The van der Waals surface area contributed by atoms with Crippen LogP contribution in [-0.4, -0.2) is 23.2 Å². The van der Waals surface area contributed by atoms with Gasteiger partial charge in [-0.3, -0.25) is 0 Å². The van der Waals surface area contributed by atoms with Gasteiger partial charge in [-0.1, -0.05) is 42.5 Å². The third kappa shape index (κ3) is 3.78. The highest BCUT2D eigenvalue weighted by Gasteiger charge is 2.13. The van der Waals surface area contributed by atoms with Crippen molar-refractivity contribution in [2.75, 3.05) is 23.8 Å². The van der Waals surface area contributed by atoms with Crippen molar-refractivity contribution in [2.45, 2.75) is 6.54 Å². The molecule has 0 radical (unpaired) electrons. The number of fused-ring (bicyclic) bond motifs is 2. The Hall–Kier alpha value is -3.80. The second-order valence-electron chi connectivity index (χ2n) is 6.74. The van der Waals surface area contributed by atoms with Crippen LogP contribution in [0.3, 0.4) is 0 Å². The van der Waals surface area contributed by atoms with Gasteiger partial charge in [0.25, 0.3) is 0 Å². The Balaban J connectivity index is 1.44. The van der Waals surface area contributed by atoms with Crippen molar-refractivity contribution in [1.82, 2.24) is 9.97 Å². The number of anilines is 3. The lowest BCUT2D eigenvalue weighted by atomic mass is 10.2. The average molecular weight is 384 g/mol. The smallest absolute Gasteiger partial charge is 0.229 e. The lowest BCUT2D eigenvalue weighted by Gasteiger charge is -2.19. The number of nitrogens with zero attached hydrogens (tertiary/aromatic N) is 2. The van der Waals surface area contributed by atoms with Gasteiger partial charge in [-0.2, -0.15) is 4.98 Å². The van der Waals surface area contributed by atoms with E-state index in [0.29, 0.717) is 25.7 Å². The summed E-state index contributed by atoms with van der Waals surface area (Å²) >= 11 is 0. The average Bonchev–Trinajstić information content (AvgIpc) is 2.78. The largest absolute Gasteiger partial charge is 0.486 e. The van der Waals surface area contributed by atoms with Crippen LogP contribution in [0.25, 0.3) is 10.9 Å². The molecule has 6 nitrogen and oxygen atoms in total. The monoisotopic (exact) mass is 384 g/mol. The highest BCUT2D eigenvalue weighted by molar-refractivity contribution is 5.90. The standard InChI is InChI=1S/C23H20N4O2/c1-2-6-16(7-3-1)15-24-22-18-8-4-5-9-19(18)26-23(27-22)25-17-10-11-20-21(14-17)29-13-12-28-20/h1-11,14H,12-13,15H2,(H2,24,25,26,27). The Morgan fingerprint density at radius 2 is 1.59 bits per heavy atom. The van der Waals surface area contributed by atoms with Crippen LogP contribution in [0.15, 0.2) is 72.8 Å². The highest BCUT2D eigenvalue weighted by atomic mass is 16.6. The predicted octanol–water partition coefficient (Wildman–Crippen LogP) is 4.76. The first-order chi connectivity index (χ1) is 14.3. The maximum atomic E-state index is 5.67. The molecule has 3 aromatic carbocycles. The highest BCUT2D eigenvalue weighted by Crippen LogP contribution is 2.33. The number of aromatic nitrogens is 2. The predicted molar refractivity (Wildman–Crippen MR) is 114 cm³/mol. The van der Waals surface area contributed by atoms with Crippen LogP contribution in [0.1, 0.15) is 5.56 Å². The summed E-state index contributed by atoms with van der Waals surface area (Å²) in [6, 6.07) is 24.0. The van der Waals surface area contributed by atoms with Crippen molar-refractivity contribution >= 4 is 28.4 Å². The van der Waals surface area contributed by atoms with Crippen molar-refractivity contribution in [3.05, 3.63) is 78.4 Å². The van der Waals surface area contributed by atoms with Crippen molar-refractivity contribution in [1.29, 1.82) is 0 Å². The van der Waals surface area contributed by atoms with Gasteiger partial charge in [-0.25, -0.2) is 4.98 Å². The Bertz CT molecular complexity index is 1150. The first kappa shape index (κ1) is 17.3. The quantitative estimate of drug-likeness (QED) is 0.517. The summed E-state index contributed by atoms with van der Waals surface area (Å²) in [7, 11) is 0. The SMILES string of the molecule is c1ccc(CNc2nc(Nc3ccc4c(c3)OCCO4)nc3ccccc23)cc1. The van der Waals surface area contributed by atoms with Gasteiger partial charge in [-0.15, -0.1) is 0 Å². The van der Waals surface area contributed by atoms with Gasteiger partial charge in [0.15, 0.2) is 11.5 Å². The van der Waals surface area contributed by atoms with Gasteiger partial charge in [0.1, 0.15) is 19.0 Å². The van der Waals surface area contributed by atoms with Gasteiger partial charge in [0, 0.05) is 23.7 Å². The van der Waals surface area contributed by atoms with E-state index in [0.717, 1.165) is 33.9 Å². The van der Waals surface area contributed by atoms with Crippen LogP contribution in [0.5, 0.6) is 11.5 Å². The molecule has 4 aromatic rings. The third-order valence-electron chi connectivity index (χ3n) is 4.70. The maximum Gasteiger partial charge on any atom is 0.229 e. The summed E-state index contributed by atoms with van der Waals surface area (Å²) < 4.78 is 11.3. The fraction of sp³-hybridized carbons (Fsp3) is 0.130. The second-order valence-corrected chi connectivity index (χ2v) is 6.74. The molecule has 0 atom stereocenters. The second kappa shape index (κ2) is 7.67. The van der Waals surface area contributed by atoms with Gasteiger partial charge in [0.2, 0.25) is 5.95 Å². The van der Waals surface area contributed by atoms with Crippen molar-refractivity contribution in [2.24, 2.45) is 0 Å². The van der Waals surface area contributed by atoms with E-state index in [2.05, 4.69) is 27.8 Å². The molecule has 0 saturated heterocycles. The van der Waals surface area contributed by atoms with Crippen LogP contribution in [-0.2, 0) is 6.54 Å². The molecule has 29 heavy (non-hydrogen) atoms. The summed E-state index contributed by atoms with van der Waals surface area (Å²) in [5, 5.41) is 7.71. The Morgan fingerprint density at radius 3 is 2.48 bits per heavy atom. The molecule has 1 aliphatic rings. The molecule has 1 aliphatic heterocycles. The van der Waals surface area contributed by atoms with E-state index in [-0.39, 0.29) is 0 Å². The molecule has 0 aliphatic carbocycles. The third-order valence-corrected chi connectivity index (χ3v) is 4.70. The topological polar surface area (TPSA) is 68.3 Å². The lowest BCUT2D eigenvalue weighted by Crippen LogP contribution is -2.15. The number of hydrogen-bond acceptors (Lipinski definition) is 6. The summed E-state index contributed by atoms with van der Waals surface area (Å²) in [5.74, 6) is 2.80. The van der Waals surface area contributed by atoms with E-state index < -0.39 is 0 Å². The van der Waals surface area contributed by atoms with E-state index in [4.69, 9.17) is 14.5 Å². The Labute approximate surface area is 168 Å². The molecule has 2 N–H and O–H groups in total. The molecule has 144 valence electrons. The lowest BCUT2D eigenvalue weighted by molar-refractivity contribution is 0.171. The summed E-state index contributed by atoms with van der Waals surface area (Å²) in [5.41, 5.74) is 2.91. The maximum absolute atomic E-state index is 5.67. The number of hydrogen-bond donors (Lipinski definition) is 2. The molecule has 0 fully saturated rings. The molecule has 2 heterocycles. The molecule has 1 aromatic heterocycles. The van der Waals surface area contributed by atoms with Crippen molar-refractivity contribution < 1.29 is 9.47 Å². The summed E-state index contributed by atoms with van der Waals surface area (Å²) in [6.45, 7) is 1.81. The molecule has 0 saturated carbocycles. The van der Waals surface area contributed by atoms with Gasteiger partial charge in [-0.05, 0) is 29.8 Å². The van der Waals surface area contributed by atoms with E-state index in [1.165, 1.54) is 5.56 Å². The summed E-state index contributed by atoms with van der Waals surface area (Å²) in [4.78, 5) is 9.38. The molecular weight excluding hydrogens is 364 g/mol. The van der Waals surface area contributed by atoms with Crippen LogP contribution in [0.4, 0.5) is 17.5 Å². The van der Waals surface area contributed by atoms with E-state index in [1.54, 1.807) is 0 Å². The molecule has 0 unspecified atom stereocenters. The molecule has 0 amide bonds. The van der Waals surface area contributed by atoms with Crippen LogP contribution in [0, 0.1) is 0 Å². The zero-order valence-electron chi connectivity index (χ0n) is 15.8. The van der Waals surface area contributed by atoms with Crippen LogP contribution < -0.4 is 20.1 Å². The number of rotatable bonds is 5. The first-order valence-electron chi connectivity index (χ1n) is 9.56. The molecule has 0 bridgehead atoms. The molecular formula is C23H20N4O2. The van der Waals surface area contributed by atoms with Gasteiger partial charge < -0.3 is 20.1 Å². The zero-order chi connectivity index (χ0) is 19.5. The first-order valence-corrected chi connectivity index (χ1v) is 9.56. The molecule has 6 heteroatoms. The van der Waals surface area contributed by atoms with Crippen molar-refractivity contribution in [3.8, 4) is 11.5 Å². The molecule has 5 rings (SSSR count). The van der Waals surface area contributed by atoms with Gasteiger partial charge in [0.05, 0.1) is 5.52 Å². The zero-order valence-corrected chi connectivity index (χ0v) is 15.8. The molecule has 0 spiro atoms. The van der Waals surface area contributed by atoms with Crippen molar-refractivity contribution in [3.63, 3.8) is 0 Å². The number of benzene rings is 3. The van der Waals surface area contributed by atoms with E-state index in [1.807, 2.05) is 60.7 Å². The van der Waals surface area contributed by atoms with E-state index in [9.17, 15) is 0 Å². The normalized spacial score (nSPS) is 12.6. The number of para-hydroxylation sites is 1. The fourth-order valence-corrected chi connectivity index (χ4v) is 3.30.